The fourth-order valence-corrected chi connectivity index (χ4v) is 3.93. The molecule has 2 amide bonds. The van der Waals surface area contributed by atoms with E-state index in [0.717, 1.165) is 22.4 Å². The number of rotatable bonds is 7. The van der Waals surface area contributed by atoms with Gasteiger partial charge in [-0.1, -0.05) is 80.9 Å². The molecule has 2 N–H and O–H groups in total. The third kappa shape index (κ3) is 5.00. The number of aromatic nitrogens is 2. The summed E-state index contributed by atoms with van der Waals surface area (Å²) in [5.74, 6) is -0.340. The van der Waals surface area contributed by atoms with Crippen LogP contribution < -0.4 is 5.32 Å². The van der Waals surface area contributed by atoms with E-state index in [2.05, 4.69) is 36.3 Å². The van der Waals surface area contributed by atoms with Gasteiger partial charge in [0.1, 0.15) is 11.2 Å². The van der Waals surface area contributed by atoms with E-state index >= 15 is 0 Å². The summed E-state index contributed by atoms with van der Waals surface area (Å²) in [6, 6.07) is 19.7. The SMILES string of the molecule is Cc1ccc(CN(C(=O)c2cc(C(C)(C)C)[nH]n2)C2(C(=O)NCc3ccccc3)CC2)cc1. The molecular weight excluding hydrogens is 412 g/mol. The fourth-order valence-electron chi connectivity index (χ4n) is 3.93. The molecule has 6 heteroatoms. The molecule has 1 aliphatic carbocycles. The molecule has 1 aliphatic rings. The number of aryl methyl sites for hydroxylation is 1. The highest BCUT2D eigenvalue weighted by molar-refractivity contribution is 5.99. The van der Waals surface area contributed by atoms with Crippen molar-refractivity contribution < 1.29 is 9.59 Å². The Kier molecular flexibility index (Phi) is 6.11. The summed E-state index contributed by atoms with van der Waals surface area (Å²) in [7, 11) is 0. The number of hydrogen-bond acceptors (Lipinski definition) is 3. The van der Waals surface area contributed by atoms with Crippen LogP contribution in [-0.2, 0) is 23.3 Å². The van der Waals surface area contributed by atoms with Gasteiger partial charge in [-0.05, 0) is 37.0 Å². The molecule has 1 saturated carbocycles. The van der Waals surface area contributed by atoms with E-state index in [1.807, 2.05) is 67.6 Å². The lowest BCUT2D eigenvalue weighted by molar-refractivity contribution is -0.127. The molecular formula is C27H32N4O2. The number of carbonyl (C=O) groups is 2. The van der Waals surface area contributed by atoms with Crippen LogP contribution >= 0.6 is 0 Å². The van der Waals surface area contributed by atoms with Crippen molar-refractivity contribution in [1.29, 1.82) is 0 Å². The Labute approximate surface area is 195 Å². The van der Waals surface area contributed by atoms with E-state index < -0.39 is 5.54 Å². The number of hydrogen-bond donors (Lipinski definition) is 2. The highest BCUT2D eigenvalue weighted by Gasteiger charge is 2.56. The smallest absolute Gasteiger partial charge is 0.275 e. The first-order valence-corrected chi connectivity index (χ1v) is 11.4. The van der Waals surface area contributed by atoms with Crippen molar-refractivity contribution in [2.75, 3.05) is 0 Å². The molecule has 0 spiro atoms. The van der Waals surface area contributed by atoms with Crippen molar-refractivity contribution in [3.05, 3.63) is 88.7 Å². The average Bonchev–Trinajstić information content (AvgIpc) is 3.43. The predicted octanol–water partition coefficient (Wildman–Crippen LogP) is 4.51. The quantitative estimate of drug-likeness (QED) is 0.563. The Hall–Kier alpha value is -3.41. The molecule has 1 heterocycles. The van der Waals surface area contributed by atoms with Crippen LogP contribution in [0.2, 0.25) is 0 Å². The summed E-state index contributed by atoms with van der Waals surface area (Å²) >= 11 is 0. The lowest BCUT2D eigenvalue weighted by atomic mass is 9.92. The van der Waals surface area contributed by atoms with Crippen LogP contribution in [0.3, 0.4) is 0 Å². The first-order valence-electron chi connectivity index (χ1n) is 11.4. The minimum Gasteiger partial charge on any atom is -0.350 e. The van der Waals surface area contributed by atoms with Crippen LogP contribution in [0, 0.1) is 6.92 Å². The molecule has 1 fully saturated rings. The van der Waals surface area contributed by atoms with Crippen molar-refractivity contribution >= 4 is 11.8 Å². The normalized spacial score (nSPS) is 14.5. The summed E-state index contributed by atoms with van der Waals surface area (Å²) < 4.78 is 0. The molecule has 0 unspecified atom stereocenters. The van der Waals surface area contributed by atoms with Crippen molar-refractivity contribution in [3.63, 3.8) is 0 Å². The predicted molar refractivity (Wildman–Crippen MR) is 129 cm³/mol. The van der Waals surface area contributed by atoms with Gasteiger partial charge in [0.15, 0.2) is 0 Å². The molecule has 0 atom stereocenters. The van der Waals surface area contributed by atoms with E-state index in [1.54, 1.807) is 4.90 Å². The average molecular weight is 445 g/mol. The zero-order chi connectivity index (χ0) is 23.6. The van der Waals surface area contributed by atoms with Crippen LogP contribution in [0.25, 0.3) is 0 Å². The molecule has 3 aromatic rings. The lowest BCUT2D eigenvalue weighted by Gasteiger charge is -2.31. The summed E-state index contributed by atoms with van der Waals surface area (Å²) in [6.45, 7) is 9.03. The zero-order valence-electron chi connectivity index (χ0n) is 19.8. The van der Waals surface area contributed by atoms with Gasteiger partial charge in [0, 0.05) is 24.2 Å². The third-order valence-corrected chi connectivity index (χ3v) is 6.27. The molecule has 0 saturated heterocycles. The maximum Gasteiger partial charge on any atom is 0.275 e. The molecule has 0 radical (unpaired) electrons. The highest BCUT2D eigenvalue weighted by atomic mass is 16.2. The minimum absolute atomic E-state index is 0.113. The van der Waals surface area contributed by atoms with Crippen molar-refractivity contribution in [1.82, 2.24) is 20.4 Å². The zero-order valence-corrected chi connectivity index (χ0v) is 19.8. The second kappa shape index (κ2) is 8.85. The Bertz CT molecular complexity index is 1120. The number of carbonyl (C=O) groups excluding carboxylic acids is 2. The monoisotopic (exact) mass is 444 g/mol. The van der Waals surface area contributed by atoms with Gasteiger partial charge in [0.2, 0.25) is 5.91 Å². The maximum absolute atomic E-state index is 13.7. The van der Waals surface area contributed by atoms with Gasteiger partial charge in [0.05, 0.1) is 0 Å². The molecule has 1 aromatic heterocycles. The highest BCUT2D eigenvalue weighted by Crippen LogP contribution is 2.44. The summed E-state index contributed by atoms with van der Waals surface area (Å²) in [5, 5.41) is 10.4. The van der Waals surface area contributed by atoms with Crippen molar-refractivity contribution in [2.45, 2.75) is 64.6 Å². The van der Waals surface area contributed by atoms with Crippen LogP contribution in [0.5, 0.6) is 0 Å². The standard InChI is InChI=1S/C27H32N4O2/c1-19-10-12-21(13-11-19)18-31(24(32)22-16-23(30-29-22)26(2,3)4)27(14-15-27)25(33)28-17-20-8-6-5-7-9-20/h5-13,16H,14-15,17-18H2,1-4H3,(H,28,33)(H,29,30). The van der Waals surface area contributed by atoms with Gasteiger partial charge >= 0.3 is 0 Å². The largest absolute Gasteiger partial charge is 0.350 e. The summed E-state index contributed by atoms with van der Waals surface area (Å²) in [6.07, 6.45) is 1.28. The number of benzene rings is 2. The van der Waals surface area contributed by atoms with Gasteiger partial charge in [-0.2, -0.15) is 5.10 Å². The molecule has 4 rings (SSSR count). The number of amides is 2. The van der Waals surface area contributed by atoms with E-state index in [1.165, 1.54) is 0 Å². The molecule has 172 valence electrons. The van der Waals surface area contributed by atoms with Gasteiger partial charge < -0.3 is 10.2 Å². The molecule has 33 heavy (non-hydrogen) atoms. The van der Waals surface area contributed by atoms with E-state index in [-0.39, 0.29) is 17.2 Å². The second-order valence-corrected chi connectivity index (χ2v) is 9.99. The van der Waals surface area contributed by atoms with Crippen molar-refractivity contribution in [2.24, 2.45) is 0 Å². The van der Waals surface area contributed by atoms with Gasteiger partial charge in [-0.15, -0.1) is 0 Å². The van der Waals surface area contributed by atoms with Crippen LogP contribution in [0.15, 0.2) is 60.7 Å². The number of nitrogens with one attached hydrogen (secondary N) is 2. The third-order valence-electron chi connectivity index (χ3n) is 6.27. The second-order valence-electron chi connectivity index (χ2n) is 9.99. The van der Waals surface area contributed by atoms with Crippen LogP contribution in [-0.4, -0.2) is 32.5 Å². The number of aromatic amines is 1. The van der Waals surface area contributed by atoms with E-state index in [9.17, 15) is 9.59 Å². The Morgan fingerprint density at radius 3 is 2.27 bits per heavy atom. The number of nitrogens with zero attached hydrogens (tertiary/aromatic N) is 2. The Morgan fingerprint density at radius 2 is 1.70 bits per heavy atom. The Balaban J connectivity index is 1.60. The van der Waals surface area contributed by atoms with Gasteiger partial charge in [-0.25, -0.2) is 0 Å². The minimum atomic E-state index is -0.850. The first kappa shape index (κ1) is 22.8. The Morgan fingerprint density at radius 1 is 1.03 bits per heavy atom. The van der Waals surface area contributed by atoms with E-state index in [0.29, 0.717) is 31.6 Å². The lowest BCUT2D eigenvalue weighted by Crippen LogP contribution is -2.51. The first-order chi connectivity index (χ1) is 15.7. The number of H-pyrrole nitrogens is 1. The topological polar surface area (TPSA) is 78.1 Å². The van der Waals surface area contributed by atoms with Crippen molar-refractivity contribution in [3.8, 4) is 0 Å². The molecule has 0 bridgehead atoms. The molecule has 6 nitrogen and oxygen atoms in total. The molecule has 2 aromatic carbocycles. The molecule has 0 aliphatic heterocycles. The van der Waals surface area contributed by atoms with Crippen LogP contribution in [0.4, 0.5) is 0 Å². The van der Waals surface area contributed by atoms with Gasteiger partial charge in [0.25, 0.3) is 5.91 Å². The summed E-state index contributed by atoms with van der Waals surface area (Å²) in [5.41, 5.74) is 3.40. The van der Waals surface area contributed by atoms with Gasteiger partial charge in [-0.3, -0.25) is 14.7 Å². The summed E-state index contributed by atoms with van der Waals surface area (Å²) in [4.78, 5) is 28.7. The fraction of sp³-hybridized carbons (Fsp3) is 0.370. The van der Waals surface area contributed by atoms with E-state index in [4.69, 9.17) is 0 Å². The maximum atomic E-state index is 13.7. The van der Waals surface area contributed by atoms with Crippen LogP contribution in [0.1, 0.15) is 66.5 Å².